The Hall–Kier alpha value is -2.41. The highest BCUT2D eigenvalue weighted by molar-refractivity contribution is 6.30. The zero-order chi connectivity index (χ0) is 15.9. The summed E-state index contributed by atoms with van der Waals surface area (Å²) in [7, 11) is 0. The fraction of sp³-hybridized carbons (Fsp3) is 0.286. The van der Waals surface area contributed by atoms with E-state index in [2.05, 4.69) is 15.6 Å². The molecule has 8 heteroatoms. The highest BCUT2D eigenvalue weighted by Gasteiger charge is 2.09. The molecule has 116 valence electrons. The second-order valence-corrected chi connectivity index (χ2v) is 4.89. The molecule has 1 aromatic carbocycles. The van der Waals surface area contributed by atoms with Crippen molar-refractivity contribution in [3.05, 3.63) is 41.0 Å². The van der Waals surface area contributed by atoms with Crippen LogP contribution in [0.5, 0.6) is 0 Å². The first-order chi connectivity index (χ1) is 10.6. The lowest BCUT2D eigenvalue weighted by Crippen LogP contribution is -2.15. The van der Waals surface area contributed by atoms with Crippen molar-refractivity contribution in [3.63, 3.8) is 0 Å². The number of nitrogens with one attached hydrogen (secondary N) is 1. The van der Waals surface area contributed by atoms with Crippen LogP contribution < -0.4 is 5.32 Å². The average Bonchev–Trinajstić information content (AvgIpc) is 2.88. The van der Waals surface area contributed by atoms with Gasteiger partial charge in [-0.25, -0.2) is 4.68 Å². The van der Waals surface area contributed by atoms with Gasteiger partial charge >= 0.3 is 5.97 Å². The maximum absolute atomic E-state index is 11.9. The molecule has 0 bridgehead atoms. The third-order valence-corrected chi connectivity index (χ3v) is 2.93. The van der Waals surface area contributed by atoms with E-state index >= 15 is 0 Å². The Balaban J connectivity index is 1.88. The Labute approximate surface area is 132 Å². The number of amides is 1. The lowest BCUT2D eigenvalue weighted by molar-refractivity contribution is -0.144. The fourth-order valence-electron chi connectivity index (χ4n) is 1.75. The Morgan fingerprint density at radius 2 is 2.05 bits per heavy atom. The molecule has 0 saturated carbocycles. The molecule has 0 radical (unpaired) electrons. The Bertz CT molecular complexity index is 654. The first-order valence-corrected chi connectivity index (χ1v) is 7.04. The molecule has 0 spiro atoms. The number of nitrogens with zero attached hydrogens (tertiary/aromatic N) is 3. The van der Waals surface area contributed by atoms with E-state index in [1.807, 2.05) is 0 Å². The molecule has 0 fully saturated rings. The minimum atomic E-state index is -0.411. The van der Waals surface area contributed by atoms with E-state index in [0.717, 1.165) is 5.56 Å². The van der Waals surface area contributed by atoms with Crippen molar-refractivity contribution in [1.82, 2.24) is 15.0 Å². The minimum absolute atomic E-state index is 0.0477. The third kappa shape index (κ3) is 4.85. The van der Waals surface area contributed by atoms with E-state index < -0.39 is 5.97 Å². The second-order valence-electron chi connectivity index (χ2n) is 4.46. The van der Waals surface area contributed by atoms with Crippen LogP contribution in [0.3, 0.4) is 0 Å². The summed E-state index contributed by atoms with van der Waals surface area (Å²) in [5, 5.41) is 10.7. The zero-order valence-electron chi connectivity index (χ0n) is 12.0. The molecule has 2 aromatic rings. The molecule has 1 amide bonds. The number of ether oxygens (including phenoxy) is 1. The van der Waals surface area contributed by atoms with Gasteiger partial charge in [0, 0.05) is 5.02 Å². The van der Waals surface area contributed by atoms with Crippen molar-refractivity contribution in [2.75, 3.05) is 11.9 Å². The van der Waals surface area contributed by atoms with Gasteiger partial charge in [-0.1, -0.05) is 28.9 Å². The molecule has 1 N–H and O–H groups in total. The van der Waals surface area contributed by atoms with Crippen LogP contribution >= 0.6 is 11.6 Å². The molecule has 0 atom stereocenters. The van der Waals surface area contributed by atoms with Crippen molar-refractivity contribution in [2.24, 2.45) is 0 Å². The SMILES string of the molecule is CCOC(=O)Cn1cc(NC(=O)Cc2ccc(Cl)cc2)nn1. The van der Waals surface area contributed by atoms with Crippen LogP contribution in [-0.4, -0.2) is 33.5 Å². The van der Waals surface area contributed by atoms with Crippen molar-refractivity contribution >= 4 is 29.3 Å². The second kappa shape index (κ2) is 7.56. The zero-order valence-corrected chi connectivity index (χ0v) is 12.7. The Morgan fingerprint density at radius 3 is 2.73 bits per heavy atom. The molecule has 2 rings (SSSR count). The largest absolute Gasteiger partial charge is 0.465 e. The smallest absolute Gasteiger partial charge is 0.327 e. The number of rotatable bonds is 6. The summed E-state index contributed by atoms with van der Waals surface area (Å²) in [5.74, 6) is -0.361. The molecule has 1 heterocycles. The van der Waals surface area contributed by atoms with Gasteiger partial charge < -0.3 is 10.1 Å². The van der Waals surface area contributed by atoms with Crippen LogP contribution in [0.4, 0.5) is 5.82 Å². The number of halogens is 1. The maximum atomic E-state index is 11.9. The third-order valence-electron chi connectivity index (χ3n) is 2.68. The number of anilines is 1. The standard InChI is InChI=1S/C14H15ClN4O3/c1-2-22-14(21)9-19-8-12(17-18-19)16-13(20)7-10-3-5-11(15)6-4-10/h3-6,8H,2,7,9H2,1H3,(H,16,20). The van der Waals surface area contributed by atoms with Gasteiger partial charge in [-0.3, -0.25) is 9.59 Å². The van der Waals surface area contributed by atoms with Gasteiger partial charge in [0.25, 0.3) is 0 Å². The fourth-order valence-corrected chi connectivity index (χ4v) is 1.87. The number of esters is 1. The first kappa shape index (κ1) is 16.0. The van der Waals surface area contributed by atoms with E-state index in [0.29, 0.717) is 11.6 Å². The van der Waals surface area contributed by atoms with E-state index in [1.54, 1.807) is 31.2 Å². The summed E-state index contributed by atoms with van der Waals surface area (Å²) in [4.78, 5) is 23.2. The summed E-state index contributed by atoms with van der Waals surface area (Å²) >= 11 is 5.79. The predicted molar refractivity (Wildman–Crippen MR) is 80.4 cm³/mol. The highest BCUT2D eigenvalue weighted by atomic mass is 35.5. The van der Waals surface area contributed by atoms with Crippen molar-refractivity contribution in [2.45, 2.75) is 19.9 Å². The molecule has 0 aliphatic carbocycles. The number of carbonyl (C=O) groups excluding carboxylic acids is 2. The molecule has 0 aliphatic heterocycles. The highest BCUT2D eigenvalue weighted by Crippen LogP contribution is 2.10. The van der Waals surface area contributed by atoms with Crippen LogP contribution in [0.1, 0.15) is 12.5 Å². The van der Waals surface area contributed by atoms with Crippen molar-refractivity contribution < 1.29 is 14.3 Å². The minimum Gasteiger partial charge on any atom is -0.465 e. The van der Waals surface area contributed by atoms with Gasteiger partial charge in [-0.05, 0) is 24.6 Å². The van der Waals surface area contributed by atoms with Crippen molar-refractivity contribution in [3.8, 4) is 0 Å². The molecule has 1 aromatic heterocycles. The molecular formula is C14H15ClN4O3. The van der Waals surface area contributed by atoms with Gasteiger partial charge in [0.15, 0.2) is 5.82 Å². The number of benzene rings is 1. The molecule has 22 heavy (non-hydrogen) atoms. The molecule has 0 unspecified atom stereocenters. The Kier molecular flexibility index (Phi) is 5.48. The van der Waals surface area contributed by atoms with Crippen LogP contribution in [0.25, 0.3) is 0 Å². The van der Waals surface area contributed by atoms with Gasteiger partial charge in [0.2, 0.25) is 5.91 Å². The number of aromatic nitrogens is 3. The average molecular weight is 323 g/mol. The lowest BCUT2D eigenvalue weighted by Gasteiger charge is -2.02. The maximum Gasteiger partial charge on any atom is 0.327 e. The van der Waals surface area contributed by atoms with E-state index in [-0.39, 0.29) is 24.7 Å². The summed E-state index contributed by atoms with van der Waals surface area (Å²) in [5.41, 5.74) is 0.834. The van der Waals surface area contributed by atoms with Gasteiger partial charge in [0.05, 0.1) is 19.2 Å². The predicted octanol–water partition coefficient (Wildman–Crippen LogP) is 1.68. The molecule has 0 aliphatic rings. The van der Waals surface area contributed by atoms with E-state index in [1.165, 1.54) is 10.9 Å². The van der Waals surface area contributed by atoms with Crippen LogP contribution in [-0.2, 0) is 27.3 Å². The monoisotopic (exact) mass is 322 g/mol. The number of carbonyl (C=O) groups is 2. The van der Waals surface area contributed by atoms with Gasteiger partial charge in [-0.2, -0.15) is 0 Å². The topological polar surface area (TPSA) is 86.1 Å². The lowest BCUT2D eigenvalue weighted by atomic mass is 10.1. The molecular weight excluding hydrogens is 308 g/mol. The summed E-state index contributed by atoms with van der Waals surface area (Å²) in [6.45, 7) is 1.98. The summed E-state index contributed by atoms with van der Waals surface area (Å²) in [6.07, 6.45) is 1.67. The van der Waals surface area contributed by atoms with E-state index in [9.17, 15) is 9.59 Å². The number of hydrogen-bond acceptors (Lipinski definition) is 5. The molecule has 0 saturated heterocycles. The van der Waals surface area contributed by atoms with Crippen LogP contribution in [0.2, 0.25) is 5.02 Å². The van der Waals surface area contributed by atoms with E-state index in [4.69, 9.17) is 16.3 Å². The van der Waals surface area contributed by atoms with Crippen LogP contribution in [0, 0.1) is 0 Å². The van der Waals surface area contributed by atoms with Gasteiger partial charge in [-0.15, -0.1) is 5.10 Å². The number of hydrogen-bond donors (Lipinski definition) is 1. The Morgan fingerprint density at radius 1 is 1.32 bits per heavy atom. The molecule has 7 nitrogen and oxygen atoms in total. The normalized spacial score (nSPS) is 10.3. The van der Waals surface area contributed by atoms with Crippen LogP contribution in [0.15, 0.2) is 30.5 Å². The quantitative estimate of drug-likeness (QED) is 0.818. The summed E-state index contributed by atoms with van der Waals surface area (Å²) < 4.78 is 6.10. The van der Waals surface area contributed by atoms with Gasteiger partial charge in [0.1, 0.15) is 6.54 Å². The van der Waals surface area contributed by atoms with Crippen molar-refractivity contribution in [1.29, 1.82) is 0 Å². The summed E-state index contributed by atoms with van der Waals surface area (Å²) in [6, 6.07) is 7.00. The first-order valence-electron chi connectivity index (χ1n) is 6.67.